The van der Waals surface area contributed by atoms with Gasteiger partial charge >= 0.3 is 0 Å². The second-order valence-corrected chi connectivity index (χ2v) is 8.67. The van der Waals surface area contributed by atoms with Gasteiger partial charge in [0.2, 0.25) is 5.91 Å². The number of thiophene rings is 1. The van der Waals surface area contributed by atoms with Crippen LogP contribution in [-0.2, 0) is 4.79 Å². The number of benzene rings is 1. The maximum atomic E-state index is 12.2. The highest BCUT2D eigenvalue weighted by Gasteiger charge is 2.08. The van der Waals surface area contributed by atoms with E-state index in [0.717, 1.165) is 21.7 Å². The molecule has 0 aliphatic heterocycles. The molecule has 9 heteroatoms. The van der Waals surface area contributed by atoms with E-state index in [1.807, 2.05) is 47.8 Å². The van der Waals surface area contributed by atoms with Crippen LogP contribution in [0.15, 0.2) is 71.2 Å². The molecule has 0 aliphatic rings. The van der Waals surface area contributed by atoms with Gasteiger partial charge in [-0.05, 0) is 42.1 Å². The lowest BCUT2D eigenvalue weighted by Crippen LogP contribution is -2.12. The van der Waals surface area contributed by atoms with E-state index in [0.29, 0.717) is 29.2 Å². The Hall–Kier alpha value is -3.30. The number of nitrogens with zero attached hydrogens (tertiary/aromatic N) is 3. The molecule has 0 fully saturated rings. The van der Waals surface area contributed by atoms with Crippen molar-refractivity contribution in [3.05, 3.63) is 71.1 Å². The van der Waals surface area contributed by atoms with Crippen LogP contribution in [0.3, 0.4) is 0 Å². The summed E-state index contributed by atoms with van der Waals surface area (Å²) in [5.74, 6) is 0.901. The standard InChI is InChI=1S/C22H19N5O2S2/c28-20(24-16-13-15-5-1-2-6-17(15)23-14-16)8-4-12-31-21-10-9-19(26-27-21)25-22(29)18-7-3-11-30-18/h1-3,5-7,9-11,13-14H,4,8,12H2,(H,24,28)(H,25,26,29). The molecule has 1 aromatic carbocycles. The Labute approximate surface area is 187 Å². The zero-order chi connectivity index (χ0) is 21.5. The Kier molecular flexibility index (Phi) is 6.85. The highest BCUT2D eigenvalue weighted by Crippen LogP contribution is 2.19. The van der Waals surface area contributed by atoms with Crippen LogP contribution in [0.25, 0.3) is 10.9 Å². The average molecular weight is 450 g/mol. The normalized spacial score (nSPS) is 10.7. The quantitative estimate of drug-likeness (QED) is 0.295. The molecule has 2 N–H and O–H groups in total. The monoisotopic (exact) mass is 449 g/mol. The molecule has 3 aromatic heterocycles. The van der Waals surface area contributed by atoms with Crippen molar-refractivity contribution in [3.8, 4) is 0 Å². The van der Waals surface area contributed by atoms with Crippen molar-refractivity contribution >= 4 is 57.3 Å². The van der Waals surface area contributed by atoms with E-state index in [9.17, 15) is 9.59 Å². The fourth-order valence-corrected chi connectivity index (χ4v) is 4.20. The van der Waals surface area contributed by atoms with E-state index in [1.165, 1.54) is 23.1 Å². The van der Waals surface area contributed by atoms with Crippen molar-refractivity contribution in [2.24, 2.45) is 0 Å². The van der Waals surface area contributed by atoms with E-state index in [4.69, 9.17) is 0 Å². The third-order valence-corrected chi connectivity index (χ3v) is 6.17. The molecule has 0 saturated heterocycles. The number of fused-ring (bicyclic) bond motifs is 1. The number of carbonyl (C=O) groups is 2. The fourth-order valence-electron chi connectivity index (χ4n) is 2.82. The lowest BCUT2D eigenvalue weighted by molar-refractivity contribution is -0.116. The summed E-state index contributed by atoms with van der Waals surface area (Å²) in [6, 6.07) is 16.8. The van der Waals surface area contributed by atoms with Crippen molar-refractivity contribution in [3.63, 3.8) is 0 Å². The van der Waals surface area contributed by atoms with Crippen molar-refractivity contribution < 1.29 is 9.59 Å². The Morgan fingerprint density at radius 3 is 2.71 bits per heavy atom. The molecule has 0 radical (unpaired) electrons. The van der Waals surface area contributed by atoms with Gasteiger partial charge in [0.15, 0.2) is 5.82 Å². The molecule has 4 rings (SSSR count). The highest BCUT2D eigenvalue weighted by molar-refractivity contribution is 7.99. The second-order valence-electron chi connectivity index (χ2n) is 6.61. The predicted molar refractivity (Wildman–Crippen MR) is 125 cm³/mol. The summed E-state index contributed by atoms with van der Waals surface area (Å²) in [4.78, 5) is 29.2. The van der Waals surface area contributed by atoms with Gasteiger partial charge < -0.3 is 10.6 Å². The van der Waals surface area contributed by atoms with Crippen molar-refractivity contribution in [1.82, 2.24) is 15.2 Å². The van der Waals surface area contributed by atoms with Crippen LogP contribution >= 0.6 is 23.1 Å². The fraction of sp³-hybridized carbons (Fsp3) is 0.136. The van der Waals surface area contributed by atoms with Crippen LogP contribution in [0.5, 0.6) is 0 Å². The van der Waals surface area contributed by atoms with E-state index in [-0.39, 0.29) is 11.8 Å². The number of rotatable bonds is 8. The minimum absolute atomic E-state index is 0.0459. The molecule has 2 amide bonds. The molecule has 0 aliphatic carbocycles. The van der Waals surface area contributed by atoms with Gasteiger partial charge in [0.05, 0.1) is 22.3 Å². The average Bonchev–Trinajstić information content (AvgIpc) is 3.33. The smallest absolute Gasteiger partial charge is 0.266 e. The third-order valence-electron chi connectivity index (χ3n) is 4.30. The van der Waals surface area contributed by atoms with Gasteiger partial charge in [-0.3, -0.25) is 14.6 Å². The van der Waals surface area contributed by atoms with Gasteiger partial charge in [-0.15, -0.1) is 33.3 Å². The number of amides is 2. The Bertz CT molecular complexity index is 1180. The van der Waals surface area contributed by atoms with E-state index < -0.39 is 0 Å². The van der Waals surface area contributed by atoms with Crippen molar-refractivity contribution in [2.45, 2.75) is 17.9 Å². The van der Waals surface area contributed by atoms with Crippen LogP contribution in [0, 0.1) is 0 Å². The van der Waals surface area contributed by atoms with Gasteiger partial charge in [0, 0.05) is 17.6 Å². The van der Waals surface area contributed by atoms with Crippen molar-refractivity contribution in [2.75, 3.05) is 16.4 Å². The number of hydrogen-bond acceptors (Lipinski definition) is 7. The molecule has 3 heterocycles. The van der Waals surface area contributed by atoms with E-state index in [1.54, 1.807) is 18.3 Å². The van der Waals surface area contributed by atoms with Crippen LogP contribution in [0.1, 0.15) is 22.5 Å². The topological polar surface area (TPSA) is 96.9 Å². The summed E-state index contributed by atoms with van der Waals surface area (Å²) in [5.41, 5.74) is 1.59. The molecule has 31 heavy (non-hydrogen) atoms. The summed E-state index contributed by atoms with van der Waals surface area (Å²) in [6.45, 7) is 0. The highest BCUT2D eigenvalue weighted by atomic mass is 32.2. The molecule has 4 aromatic rings. The van der Waals surface area contributed by atoms with Gasteiger partial charge in [-0.2, -0.15) is 0 Å². The zero-order valence-corrected chi connectivity index (χ0v) is 18.1. The van der Waals surface area contributed by atoms with Crippen LogP contribution < -0.4 is 10.6 Å². The first-order valence-corrected chi connectivity index (χ1v) is 11.5. The molecule has 0 bridgehead atoms. The lowest BCUT2D eigenvalue weighted by Gasteiger charge is -2.06. The molecule has 0 spiro atoms. The summed E-state index contributed by atoms with van der Waals surface area (Å²) in [6.07, 6.45) is 2.78. The van der Waals surface area contributed by atoms with Crippen molar-refractivity contribution in [1.29, 1.82) is 0 Å². The first kappa shape index (κ1) is 21.0. The van der Waals surface area contributed by atoms with Crippen LogP contribution in [0.4, 0.5) is 11.5 Å². The van der Waals surface area contributed by atoms with E-state index in [2.05, 4.69) is 25.8 Å². The number of aromatic nitrogens is 3. The van der Waals surface area contributed by atoms with E-state index >= 15 is 0 Å². The van der Waals surface area contributed by atoms with Gasteiger partial charge in [-0.1, -0.05) is 24.3 Å². The number of carbonyl (C=O) groups excluding carboxylic acids is 2. The maximum Gasteiger partial charge on any atom is 0.266 e. The van der Waals surface area contributed by atoms with Crippen LogP contribution in [-0.4, -0.2) is 32.7 Å². The van der Waals surface area contributed by atoms with Gasteiger partial charge in [0.1, 0.15) is 5.03 Å². The largest absolute Gasteiger partial charge is 0.325 e. The Balaban J connectivity index is 1.19. The van der Waals surface area contributed by atoms with Crippen LogP contribution in [0.2, 0.25) is 0 Å². The summed E-state index contributed by atoms with van der Waals surface area (Å²) >= 11 is 2.89. The molecule has 7 nitrogen and oxygen atoms in total. The maximum absolute atomic E-state index is 12.2. The number of thioether (sulfide) groups is 1. The third kappa shape index (κ3) is 5.87. The minimum atomic E-state index is -0.197. The first-order valence-electron chi connectivity index (χ1n) is 9.63. The number of pyridine rings is 1. The molecule has 0 atom stereocenters. The number of nitrogens with one attached hydrogen (secondary N) is 2. The second kappa shape index (κ2) is 10.1. The van der Waals surface area contributed by atoms with Gasteiger partial charge in [0.25, 0.3) is 5.91 Å². The molecular weight excluding hydrogens is 430 g/mol. The lowest BCUT2D eigenvalue weighted by atomic mass is 10.2. The number of hydrogen-bond donors (Lipinski definition) is 2. The minimum Gasteiger partial charge on any atom is -0.325 e. The SMILES string of the molecule is O=C(CCCSc1ccc(NC(=O)c2cccs2)nn1)Nc1cnc2ccccc2c1. The Morgan fingerprint density at radius 1 is 1.00 bits per heavy atom. The number of anilines is 2. The molecular formula is C22H19N5O2S2. The summed E-state index contributed by atoms with van der Waals surface area (Å²) in [5, 5.41) is 17.3. The van der Waals surface area contributed by atoms with Gasteiger partial charge in [-0.25, -0.2) is 0 Å². The first-order chi connectivity index (χ1) is 15.2. The predicted octanol–water partition coefficient (Wildman–Crippen LogP) is 4.85. The summed E-state index contributed by atoms with van der Waals surface area (Å²) in [7, 11) is 0. The molecule has 156 valence electrons. The Morgan fingerprint density at radius 2 is 1.90 bits per heavy atom. The zero-order valence-electron chi connectivity index (χ0n) is 16.4. The molecule has 0 unspecified atom stereocenters. The summed E-state index contributed by atoms with van der Waals surface area (Å²) < 4.78 is 0. The number of para-hydroxylation sites is 1. The molecule has 0 saturated carbocycles.